The van der Waals surface area contributed by atoms with Gasteiger partial charge in [-0.25, -0.2) is 4.79 Å². The van der Waals surface area contributed by atoms with Gasteiger partial charge in [-0.05, 0) is 50.2 Å². The van der Waals surface area contributed by atoms with Crippen LogP contribution in [-0.4, -0.2) is 51.2 Å². The van der Waals surface area contributed by atoms with E-state index in [1.54, 1.807) is 13.0 Å². The third-order valence-corrected chi connectivity index (χ3v) is 7.19. The first-order chi connectivity index (χ1) is 15.7. The van der Waals surface area contributed by atoms with Crippen molar-refractivity contribution in [1.29, 1.82) is 0 Å². The SMILES string of the molecule is COC(=O)c1cc2n(n1)C[C@@](C)(C(=O)NC1CCC(C)CC1)N(Cc1ccccc1Cl)C2=O. The van der Waals surface area contributed by atoms with E-state index in [9.17, 15) is 14.4 Å². The molecular weight excluding hydrogens is 444 g/mol. The number of nitrogens with zero attached hydrogens (tertiary/aromatic N) is 3. The van der Waals surface area contributed by atoms with Crippen LogP contribution in [0.5, 0.6) is 0 Å². The highest BCUT2D eigenvalue weighted by Gasteiger charge is 2.48. The lowest BCUT2D eigenvalue weighted by Crippen LogP contribution is -2.64. The molecule has 2 aromatic rings. The molecule has 176 valence electrons. The summed E-state index contributed by atoms with van der Waals surface area (Å²) >= 11 is 6.38. The molecule has 1 aliphatic carbocycles. The third kappa shape index (κ3) is 4.49. The van der Waals surface area contributed by atoms with Crippen molar-refractivity contribution >= 4 is 29.4 Å². The highest BCUT2D eigenvalue weighted by Crippen LogP contribution is 2.32. The molecule has 1 aromatic heterocycles. The Kier molecular flexibility index (Phi) is 6.47. The molecule has 0 unspecified atom stereocenters. The number of nitrogens with one attached hydrogen (secondary N) is 1. The Morgan fingerprint density at radius 3 is 2.61 bits per heavy atom. The van der Waals surface area contributed by atoms with E-state index in [0.717, 1.165) is 31.2 Å². The number of rotatable bonds is 5. The Morgan fingerprint density at radius 2 is 1.94 bits per heavy atom. The summed E-state index contributed by atoms with van der Waals surface area (Å²) < 4.78 is 6.19. The normalized spacial score (nSPS) is 24.8. The van der Waals surface area contributed by atoms with Crippen molar-refractivity contribution in [2.75, 3.05) is 7.11 Å². The van der Waals surface area contributed by atoms with Gasteiger partial charge in [-0.15, -0.1) is 0 Å². The first-order valence-corrected chi connectivity index (χ1v) is 11.6. The molecule has 1 saturated carbocycles. The van der Waals surface area contributed by atoms with Crippen LogP contribution in [0.2, 0.25) is 5.02 Å². The number of ether oxygens (including phenoxy) is 1. The number of fused-ring (bicyclic) bond motifs is 1. The van der Waals surface area contributed by atoms with Gasteiger partial charge < -0.3 is 15.0 Å². The monoisotopic (exact) mass is 472 g/mol. The Morgan fingerprint density at radius 1 is 1.24 bits per heavy atom. The van der Waals surface area contributed by atoms with Gasteiger partial charge in [-0.3, -0.25) is 14.3 Å². The van der Waals surface area contributed by atoms with Crippen molar-refractivity contribution in [3.05, 3.63) is 52.3 Å². The van der Waals surface area contributed by atoms with Gasteiger partial charge in [-0.2, -0.15) is 5.10 Å². The molecule has 2 aliphatic rings. The fraction of sp³-hybridized carbons (Fsp3) is 0.500. The largest absolute Gasteiger partial charge is 0.464 e. The highest BCUT2D eigenvalue weighted by atomic mass is 35.5. The second-order valence-electron chi connectivity index (χ2n) is 9.25. The van der Waals surface area contributed by atoms with Crippen molar-refractivity contribution in [1.82, 2.24) is 20.0 Å². The van der Waals surface area contributed by atoms with Crippen LogP contribution in [0, 0.1) is 5.92 Å². The van der Waals surface area contributed by atoms with Gasteiger partial charge in [0.25, 0.3) is 5.91 Å². The zero-order valence-corrected chi connectivity index (χ0v) is 19.9. The number of methoxy groups -OCH3 is 1. The summed E-state index contributed by atoms with van der Waals surface area (Å²) in [6.45, 7) is 4.24. The zero-order valence-electron chi connectivity index (χ0n) is 19.1. The molecule has 2 amide bonds. The number of carbonyl (C=O) groups is 3. The predicted molar refractivity (Wildman–Crippen MR) is 123 cm³/mol. The smallest absolute Gasteiger partial charge is 0.358 e. The molecule has 0 saturated heterocycles. The van der Waals surface area contributed by atoms with Crippen molar-refractivity contribution in [3.63, 3.8) is 0 Å². The average Bonchev–Trinajstić information content (AvgIpc) is 3.22. The maximum Gasteiger partial charge on any atom is 0.358 e. The first-order valence-electron chi connectivity index (χ1n) is 11.3. The topological polar surface area (TPSA) is 93.5 Å². The van der Waals surface area contributed by atoms with Gasteiger partial charge in [0, 0.05) is 23.7 Å². The van der Waals surface area contributed by atoms with Crippen LogP contribution in [0.15, 0.2) is 30.3 Å². The minimum Gasteiger partial charge on any atom is -0.464 e. The van der Waals surface area contributed by atoms with Crippen molar-refractivity contribution in [3.8, 4) is 0 Å². The van der Waals surface area contributed by atoms with Gasteiger partial charge in [0.15, 0.2) is 5.69 Å². The first kappa shape index (κ1) is 23.3. The number of carbonyl (C=O) groups excluding carboxylic acids is 3. The van der Waals surface area contributed by atoms with Gasteiger partial charge in [0.1, 0.15) is 11.2 Å². The van der Waals surface area contributed by atoms with E-state index in [4.69, 9.17) is 16.3 Å². The molecule has 8 nitrogen and oxygen atoms in total. The second-order valence-corrected chi connectivity index (χ2v) is 9.66. The Labute approximate surface area is 198 Å². The summed E-state index contributed by atoms with van der Waals surface area (Å²) in [4.78, 5) is 40.8. The molecule has 9 heteroatoms. The number of hydrogen-bond donors (Lipinski definition) is 1. The summed E-state index contributed by atoms with van der Waals surface area (Å²) in [6, 6.07) is 8.74. The van der Waals surface area contributed by atoms with Crippen molar-refractivity contribution in [2.24, 2.45) is 5.92 Å². The Balaban J connectivity index is 1.68. The van der Waals surface area contributed by atoms with Crippen LogP contribution in [-0.2, 0) is 22.6 Å². The molecule has 4 rings (SSSR count). The molecule has 33 heavy (non-hydrogen) atoms. The van der Waals surface area contributed by atoms with E-state index in [-0.39, 0.29) is 36.4 Å². The highest BCUT2D eigenvalue weighted by molar-refractivity contribution is 6.31. The van der Waals surface area contributed by atoms with Crippen LogP contribution >= 0.6 is 11.6 Å². The number of benzene rings is 1. The van der Waals surface area contributed by atoms with Crippen LogP contribution in [0.3, 0.4) is 0 Å². The summed E-state index contributed by atoms with van der Waals surface area (Å²) in [5.41, 5.74) is -0.214. The lowest BCUT2D eigenvalue weighted by atomic mass is 9.86. The number of halogens is 1. The summed E-state index contributed by atoms with van der Waals surface area (Å²) in [5, 5.41) is 7.94. The quantitative estimate of drug-likeness (QED) is 0.673. The van der Waals surface area contributed by atoms with E-state index in [1.807, 2.05) is 18.2 Å². The lowest BCUT2D eigenvalue weighted by molar-refractivity contribution is -0.134. The van der Waals surface area contributed by atoms with Crippen LogP contribution < -0.4 is 5.32 Å². The molecular formula is C24H29ClN4O4. The molecule has 0 bridgehead atoms. The maximum absolute atomic E-state index is 13.6. The Hall–Kier alpha value is -2.87. The summed E-state index contributed by atoms with van der Waals surface area (Å²) in [5.74, 6) is -0.600. The third-order valence-electron chi connectivity index (χ3n) is 6.82. The number of hydrogen-bond acceptors (Lipinski definition) is 5. The van der Waals surface area contributed by atoms with E-state index in [0.29, 0.717) is 10.9 Å². The van der Waals surface area contributed by atoms with Crippen LogP contribution in [0.25, 0.3) is 0 Å². The summed E-state index contributed by atoms with van der Waals surface area (Å²) in [6.07, 6.45) is 3.97. The molecule has 1 atom stereocenters. The number of aromatic nitrogens is 2. The molecule has 2 heterocycles. The average molecular weight is 473 g/mol. The number of esters is 1. The summed E-state index contributed by atoms with van der Waals surface area (Å²) in [7, 11) is 1.26. The minimum absolute atomic E-state index is 0.0319. The predicted octanol–water partition coefficient (Wildman–Crippen LogP) is 3.43. The standard InChI is InChI=1S/C24H29ClN4O4/c1-15-8-10-17(11-9-15)26-23(32)24(2)14-29-20(12-19(27-29)22(31)33-3)21(30)28(24)13-16-6-4-5-7-18(16)25/h4-7,12,15,17H,8-11,13-14H2,1-3H3,(H,26,32)/t15?,17?,24-/m0/s1. The fourth-order valence-corrected chi connectivity index (χ4v) is 4.83. The van der Waals surface area contributed by atoms with E-state index in [1.165, 1.54) is 22.8 Å². The lowest BCUT2D eigenvalue weighted by Gasteiger charge is -2.44. The molecule has 0 spiro atoms. The molecule has 1 fully saturated rings. The molecule has 1 aliphatic heterocycles. The van der Waals surface area contributed by atoms with Crippen LogP contribution in [0.1, 0.15) is 66.1 Å². The van der Waals surface area contributed by atoms with Crippen molar-refractivity contribution in [2.45, 2.75) is 64.2 Å². The van der Waals surface area contributed by atoms with E-state index < -0.39 is 17.4 Å². The zero-order chi connectivity index (χ0) is 23.8. The van der Waals surface area contributed by atoms with Gasteiger partial charge >= 0.3 is 5.97 Å². The van der Waals surface area contributed by atoms with Crippen LogP contribution in [0.4, 0.5) is 0 Å². The molecule has 0 radical (unpaired) electrons. The maximum atomic E-state index is 13.6. The van der Waals surface area contributed by atoms with E-state index >= 15 is 0 Å². The molecule has 1 N–H and O–H groups in total. The number of amides is 2. The van der Waals surface area contributed by atoms with Crippen molar-refractivity contribution < 1.29 is 19.1 Å². The van der Waals surface area contributed by atoms with Gasteiger partial charge in [0.2, 0.25) is 5.91 Å². The van der Waals surface area contributed by atoms with Gasteiger partial charge in [0.05, 0.1) is 13.7 Å². The van der Waals surface area contributed by atoms with E-state index in [2.05, 4.69) is 17.3 Å². The second kappa shape index (κ2) is 9.17. The van der Waals surface area contributed by atoms with Gasteiger partial charge in [-0.1, -0.05) is 36.7 Å². The molecule has 1 aromatic carbocycles. The fourth-order valence-electron chi connectivity index (χ4n) is 4.64. The Bertz CT molecular complexity index is 1080. The minimum atomic E-state index is -1.22.